The van der Waals surface area contributed by atoms with Crippen LogP contribution in [0, 0.1) is 13.8 Å². The molecule has 226 valence electrons. The average molecular weight is 601 g/mol. The third kappa shape index (κ3) is 4.22. The van der Waals surface area contributed by atoms with E-state index in [1.54, 1.807) is 55.5 Å². The summed E-state index contributed by atoms with van der Waals surface area (Å²) in [5.74, 6) is 0. The molecule has 0 amide bonds. The monoisotopic (exact) mass is 600 g/mol. The van der Waals surface area contributed by atoms with Gasteiger partial charge in [-0.05, 0) is 84.3 Å². The Morgan fingerprint density at radius 3 is 1.37 bits per heavy atom. The predicted octanol–water partition coefficient (Wildman–Crippen LogP) is 7.37. The molecule has 6 N–H and O–H groups in total. The number of hydrogen-bond donors (Lipinski definition) is 4. The Morgan fingerprint density at radius 1 is 0.605 bits per heavy atom. The quantitative estimate of drug-likeness (QED) is 0.128. The Morgan fingerprint density at radius 2 is 0.977 bits per heavy atom. The molecule has 0 aromatic heterocycles. The van der Waals surface area contributed by atoms with Crippen LogP contribution >= 0.6 is 0 Å². The molecule has 0 saturated carbocycles. The van der Waals surface area contributed by atoms with Crippen LogP contribution in [-0.2, 0) is 16.6 Å². The normalized spacial score (nSPS) is 14.9. The van der Waals surface area contributed by atoms with Gasteiger partial charge in [-0.3, -0.25) is 0 Å². The molecular weight excluding hydrogens is 570 g/mol. The molecule has 0 aliphatic heterocycles. The summed E-state index contributed by atoms with van der Waals surface area (Å²) in [7, 11) is 0. The highest BCUT2D eigenvalue weighted by Crippen LogP contribution is 2.59. The Kier molecular flexibility index (Phi) is 6.72. The lowest BCUT2D eigenvalue weighted by Gasteiger charge is -2.38. The smallest absolute Gasteiger partial charge is 0.398 e. The van der Waals surface area contributed by atoms with Crippen molar-refractivity contribution in [3.05, 3.63) is 117 Å². The van der Waals surface area contributed by atoms with Gasteiger partial charge in [-0.25, -0.2) is 0 Å². The number of anilines is 2. The van der Waals surface area contributed by atoms with Gasteiger partial charge >= 0.3 is 12.4 Å². The molecule has 5 rings (SSSR count). The van der Waals surface area contributed by atoms with E-state index in [1.807, 2.05) is 12.1 Å². The van der Waals surface area contributed by atoms with Crippen molar-refractivity contribution in [3.63, 3.8) is 0 Å². The van der Waals surface area contributed by atoms with Crippen LogP contribution in [0.5, 0.6) is 0 Å². The summed E-state index contributed by atoms with van der Waals surface area (Å²) in [6.45, 7) is 6.07. The third-order valence-corrected chi connectivity index (χ3v) is 8.46. The first kappa shape index (κ1) is 30.4. The molecule has 0 radical (unpaired) electrons. The zero-order valence-electron chi connectivity index (χ0n) is 23.7. The van der Waals surface area contributed by atoms with E-state index in [9.17, 15) is 36.6 Å². The predicted molar refractivity (Wildman–Crippen MR) is 153 cm³/mol. The number of hydrogen-bond acceptors (Lipinski definition) is 4. The summed E-state index contributed by atoms with van der Waals surface area (Å²) < 4.78 is 85.3. The summed E-state index contributed by atoms with van der Waals surface area (Å²) in [5.41, 5.74) is 5.91. The van der Waals surface area contributed by atoms with Crippen molar-refractivity contribution in [1.82, 2.24) is 0 Å². The maximum atomic E-state index is 14.2. The minimum Gasteiger partial charge on any atom is -0.398 e. The van der Waals surface area contributed by atoms with Crippen LogP contribution in [-0.4, -0.2) is 22.6 Å². The number of rotatable bonds is 4. The highest BCUT2D eigenvalue weighted by Gasteiger charge is 2.72. The molecule has 0 saturated heterocycles. The molecule has 0 atom stereocenters. The van der Waals surface area contributed by atoms with Crippen LogP contribution in [0.4, 0.5) is 37.7 Å². The van der Waals surface area contributed by atoms with E-state index < -0.39 is 40.2 Å². The molecule has 0 spiro atoms. The van der Waals surface area contributed by atoms with Gasteiger partial charge in [0.05, 0.1) is 11.0 Å². The second-order valence-corrected chi connectivity index (χ2v) is 11.6. The van der Waals surface area contributed by atoms with Crippen molar-refractivity contribution >= 4 is 11.4 Å². The lowest BCUT2D eigenvalue weighted by molar-refractivity contribution is -0.376. The Labute approximate surface area is 244 Å². The molecule has 4 nitrogen and oxygen atoms in total. The number of halogens is 6. The van der Waals surface area contributed by atoms with Gasteiger partial charge in [0.15, 0.2) is 0 Å². The number of aryl methyl sites for hydroxylation is 2. The number of benzene rings is 4. The van der Waals surface area contributed by atoms with Crippen LogP contribution in [0.15, 0.2) is 72.8 Å². The van der Waals surface area contributed by atoms with Gasteiger partial charge in [-0.2, -0.15) is 26.3 Å². The van der Waals surface area contributed by atoms with Crippen molar-refractivity contribution in [1.29, 1.82) is 0 Å². The van der Waals surface area contributed by atoms with E-state index in [1.165, 1.54) is 26.8 Å². The summed E-state index contributed by atoms with van der Waals surface area (Å²) in [5, 5.41) is 21.6. The van der Waals surface area contributed by atoms with Gasteiger partial charge < -0.3 is 21.7 Å². The van der Waals surface area contributed by atoms with Crippen molar-refractivity contribution in [3.8, 4) is 11.1 Å². The first-order chi connectivity index (χ1) is 19.8. The van der Waals surface area contributed by atoms with Crippen molar-refractivity contribution < 1.29 is 36.6 Å². The fourth-order valence-electron chi connectivity index (χ4n) is 6.33. The second-order valence-electron chi connectivity index (χ2n) is 11.6. The Bertz CT molecular complexity index is 1690. The Balaban J connectivity index is 2.02. The number of alkyl halides is 6. The summed E-state index contributed by atoms with van der Waals surface area (Å²) in [6.07, 6.45) is -12.3. The maximum Gasteiger partial charge on any atom is 0.430 e. The SMILES string of the molecule is Cc1cc(C2(c3cc(C)c(N)c(C(O)(C(F)(F)F)C(F)(F)F)c3)c3ccccc3-c3ccccc32)cc(C(C)(C)O)c1N. The van der Waals surface area contributed by atoms with E-state index in [-0.39, 0.29) is 11.1 Å². The molecule has 4 aromatic rings. The summed E-state index contributed by atoms with van der Waals surface area (Å²) in [4.78, 5) is 0. The fraction of sp³-hybridized carbons (Fsp3) is 0.273. The molecular formula is C33H30F6N2O2. The highest BCUT2D eigenvalue weighted by atomic mass is 19.4. The van der Waals surface area contributed by atoms with Crippen LogP contribution in [0.3, 0.4) is 0 Å². The molecule has 0 bridgehead atoms. The van der Waals surface area contributed by atoms with E-state index in [0.717, 1.165) is 11.1 Å². The van der Waals surface area contributed by atoms with E-state index in [4.69, 9.17) is 11.5 Å². The standard InChI is InChI=1S/C33H30F6N2O2/c1-17-13-19(15-25(27(17)40)29(3,4)42)30(23-11-7-5-9-21(23)22-10-6-8-12-24(22)30)20-14-18(2)28(41)26(16-20)31(43,32(34,35)36)33(37,38)39/h5-16,42-43H,40-41H2,1-4H3. The van der Waals surface area contributed by atoms with Gasteiger partial charge in [0, 0.05) is 22.5 Å². The first-order valence-electron chi connectivity index (χ1n) is 13.4. The van der Waals surface area contributed by atoms with Gasteiger partial charge in [0.2, 0.25) is 0 Å². The third-order valence-electron chi connectivity index (χ3n) is 8.46. The first-order valence-corrected chi connectivity index (χ1v) is 13.4. The van der Waals surface area contributed by atoms with Crippen molar-refractivity contribution in [2.24, 2.45) is 0 Å². The molecule has 10 heteroatoms. The van der Waals surface area contributed by atoms with Crippen LogP contribution < -0.4 is 11.5 Å². The molecule has 4 aromatic carbocycles. The highest BCUT2D eigenvalue weighted by molar-refractivity contribution is 5.87. The van der Waals surface area contributed by atoms with E-state index in [2.05, 4.69) is 0 Å². The van der Waals surface area contributed by atoms with Gasteiger partial charge in [-0.15, -0.1) is 0 Å². The molecule has 43 heavy (non-hydrogen) atoms. The molecule has 1 aliphatic rings. The minimum absolute atomic E-state index is 0.0180. The lowest BCUT2D eigenvalue weighted by Crippen LogP contribution is -2.54. The number of fused-ring (bicyclic) bond motifs is 3. The Hall–Kier alpha value is -4.02. The zero-order chi connectivity index (χ0) is 31.9. The minimum atomic E-state index is -6.14. The van der Waals surface area contributed by atoms with E-state index >= 15 is 0 Å². The topological polar surface area (TPSA) is 92.5 Å². The number of aliphatic hydroxyl groups is 2. The van der Waals surface area contributed by atoms with Crippen LogP contribution in [0.25, 0.3) is 11.1 Å². The summed E-state index contributed by atoms with van der Waals surface area (Å²) >= 11 is 0. The number of nitrogen functional groups attached to an aromatic ring is 2. The maximum absolute atomic E-state index is 14.2. The molecule has 0 fully saturated rings. The molecule has 0 heterocycles. The van der Waals surface area contributed by atoms with Gasteiger partial charge in [-0.1, -0.05) is 60.7 Å². The largest absolute Gasteiger partial charge is 0.430 e. The average Bonchev–Trinajstić information content (AvgIpc) is 3.20. The molecule has 0 unspecified atom stereocenters. The van der Waals surface area contributed by atoms with Crippen molar-refractivity contribution in [2.75, 3.05) is 11.5 Å². The van der Waals surface area contributed by atoms with Crippen LogP contribution in [0.1, 0.15) is 58.4 Å². The summed E-state index contributed by atoms with van der Waals surface area (Å²) in [6, 6.07) is 19.7. The van der Waals surface area contributed by atoms with Gasteiger partial charge in [0.25, 0.3) is 5.60 Å². The lowest BCUT2D eigenvalue weighted by atomic mass is 9.65. The zero-order valence-corrected chi connectivity index (χ0v) is 23.7. The van der Waals surface area contributed by atoms with Gasteiger partial charge in [0.1, 0.15) is 0 Å². The second kappa shape index (κ2) is 9.49. The fourth-order valence-corrected chi connectivity index (χ4v) is 6.33. The number of nitrogens with two attached hydrogens (primary N) is 2. The van der Waals surface area contributed by atoms with E-state index in [0.29, 0.717) is 39.6 Å². The molecule has 1 aliphatic carbocycles. The van der Waals surface area contributed by atoms with Crippen molar-refractivity contribution in [2.45, 2.75) is 56.7 Å². The van der Waals surface area contributed by atoms with Crippen LogP contribution in [0.2, 0.25) is 0 Å².